The van der Waals surface area contributed by atoms with Gasteiger partial charge in [0.1, 0.15) is 12.3 Å². The fourth-order valence-electron chi connectivity index (χ4n) is 4.89. The lowest BCUT2D eigenvalue weighted by Gasteiger charge is -2.31. The number of tetrazole rings is 1. The molecule has 0 aliphatic carbocycles. The zero-order chi connectivity index (χ0) is 25.6. The van der Waals surface area contributed by atoms with Crippen LogP contribution in [0.2, 0.25) is 0 Å². The first-order chi connectivity index (χ1) is 18.1. The average molecular weight is 497 g/mol. The Morgan fingerprint density at radius 2 is 1.95 bits per heavy atom. The molecule has 0 radical (unpaired) electrons. The second kappa shape index (κ2) is 11.3. The van der Waals surface area contributed by atoms with E-state index in [9.17, 15) is 4.79 Å². The molecule has 5 rings (SSSR count). The summed E-state index contributed by atoms with van der Waals surface area (Å²) in [5.41, 5.74) is 3.87. The summed E-state index contributed by atoms with van der Waals surface area (Å²) in [6.07, 6.45) is 4.32. The Hall–Kier alpha value is -4.04. The molecule has 0 saturated heterocycles. The van der Waals surface area contributed by atoms with Gasteiger partial charge in [0.2, 0.25) is 0 Å². The number of pyridine rings is 1. The van der Waals surface area contributed by atoms with Crippen molar-refractivity contribution in [3.63, 3.8) is 0 Å². The lowest BCUT2D eigenvalue weighted by atomic mass is 10.0. The molecule has 37 heavy (non-hydrogen) atoms. The number of benzene rings is 2. The number of H-pyrrole nitrogens is 1. The highest BCUT2D eigenvalue weighted by Gasteiger charge is 2.27. The van der Waals surface area contributed by atoms with Crippen LogP contribution in [0.4, 0.5) is 0 Å². The van der Waals surface area contributed by atoms with Crippen LogP contribution in [-0.4, -0.2) is 36.6 Å². The van der Waals surface area contributed by atoms with Gasteiger partial charge in [0.05, 0.1) is 17.8 Å². The monoisotopic (exact) mass is 496 g/mol. The molecule has 0 unspecified atom stereocenters. The van der Waals surface area contributed by atoms with Crippen LogP contribution in [0.3, 0.4) is 0 Å². The highest BCUT2D eigenvalue weighted by Crippen LogP contribution is 2.27. The van der Waals surface area contributed by atoms with E-state index in [-0.39, 0.29) is 11.6 Å². The van der Waals surface area contributed by atoms with Gasteiger partial charge in [-0.15, -0.1) is 5.10 Å². The van der Waals surface area contributed by atoms with Crippen molar-refractivity contribution in [3.8, 4) is 0 Å². The minimum absolute atomic E-state index is 0.0584. The molecule has 1 atom stereocenters. The van der Waals surface area contributed by atoms with Crippen LogP contribution < -0.4 is 5.56 Å². The van der Waals surface area contributed by atoms with Crippen molar-refractivity contribution >= 4 is 10.9 Å². The second-order valence-electron chi connectivity index (χ2n) is 9.45. The van der Waals surface area contributed by atoms with Crippen LogP contribution in [-0.2, 0) is 19.5 Å². The molecule has 0 aliphatic heterocycles. The van der Waals surface area contributed by atoms with Crippen LogP contribution in [0.1, 0.15) is 54.1 Å². The summed E-state index contributed by atoms with van der Waals surface area (Å²) in [6.45, 7) is 5.88. The van der Waals surface area contributed by atoms with E-state index in [0.717, 1.165) is 59.4 Å². The van der Waals surface area contributed by atoms with Gasteiger partial charge in [0, 0.05) is 18.7 Å². The Labute approximate surface area is 215 Å². The Bertz CT molecular complexity index is 1490. The fraction of sp³-hybridized carbons (Fsp3) is 0.310. The van der Waals surface area contributed by atoms with E-state index in [0.29, 0.717) is 13.1 Å². The standard InChI is InChI=1S/C29H32N6O2/c1-3-9-26(28-31-32-33-35(28)20-25-14-8-17-37-25)34(16-15-22-11-5-4-6-12-22)19-24-18-23-13-7-10-21(2)27(23)30-29(24)36/h4-8,10-14,17-18,26H,3,9,15-16,19-20H2,1-2H3,(H,30,36)/t26-/m0/s1. The summed E-state index contributed by atoms with van der Waals surface area (Å²) < 4.78 is 7.36. The molecule has 0 bridgehead atoms. The summed E-state index contributed by atoms with van der Waals surface area (Å²) in [5, 5.41) is 13.8. The SMILES string of the molecule is CCC[C@@H](c1nnnn1Cc1ccco1)N(CCc1ccccc1)Cc1cc2cccc(C)c2[nH]c1=O. The molecule has 1 N–H and O–H groups in total. The molecular formula is C29H32N6O2. The van der Waals surface area contributed by atoms with Gasteiger partial charge in [0.25, 0.3) is 5.56 Å². The van der Waals surface area contributed by atoms with Crippen molar-refractivity contribution in [2.24, 2.45) is 0 Å². The maximum absolute atomic E-state index is 13.2. The minimum Gasteiger partial charge on any atom is -0.467 e. The number of aromatic nitrogens is 5. The van der Waals surface area contributed by atoms with Crippen LogP contribution in [0.5, 0.6) is 0 Å². The number of fused-ring (bicyclic) bond motifs is 1. The van der Waals surface area contributed by atoms with E-state index >= 15 is 0 Å². The van der Waals surface area contributed by atoms with Crippen molar-refractivity contribution in [3.05, 3.63) is 112 Å². The smallest absolute Gasteiger partial charge is 0.252 e. The number of furan rings is 1. The maximum Gasteiger partial charge on any atom is 0.252 e. The van der Waals surface area contributed by atoms with Crippen molar-refractivity contribution in [2.45, 2.75) is 52.2 Å². The lowest BCUT2D eigenvalue weighted by Crippen LogP contribution is -2.34. The summed E-state index contributed by atoms with van der Waals surface area (Å²) >= 11 is 0. The van der Waals surface area contributed by atoms with E-state index in [2.05, 4.69) is 56.6 Å². The molecule has 2 aromatic carbocycles. The van der Waals surface area contributed by atoms with Crippen molar-refractivity contribution in [1.82, 2.24) is 30.1 Å². The summed E-state index contributed by atoms with van der Waals surface area (Å²) in [4.78, 5) is 18.7. The van der Waals surface area contributed by atoms with Gasteiger partial charge >= 0.3 is 0 Å². The van der Waals surface area contributed by atoms with Crippen LogP contribution in [0.25, 0.3) is 10.9 Å². The Morgan fingerprint density at radius 3 is 2.73 bits per heavy atom. The Morgan fingerprint density at radius 1 is 1.08 bits per heavy atom. The molecule has 0 aliphatic rings. The molecule has 3 heterocycles. The Balaban J connectivity index is 1.50. The molecule has 8 heteroatoms. The molecular weight excluding hydrogens is 464 g/mol. The van der Waals surface area contributed by atoms with Gasteiger partial charge in [-0.2, -0.15) is 0 Å². The predicted octanol–water partition coefficient (Wildman–Crippen LogP) is 5.05. The van der Waals surface area contributed by atoms with Gasteiger partial charge in [-0.1, -0.05) is 61.9 Å². The molecule has 3 aromatic heterocycles. The van der Waals surface area contributed by atoms with Gasteiger partial charge in [0.15, 0.2) is 5.82 Å². The van der Waals surface area contributed by atoms with E-state index in [1.165, 1.54) is 5.56 Å². The molecule has 0 amide bonds. The third-order valence-electron chi connectivity index (χ3n) is 6.82. The second-order valence-corrected chi connectivity index (χ2v) is 9.45. The van der Waals surface area contributed by atoms with Gasteiger partial charge in [-0.05, 0) is 64.9 Å². The van der Waals surface area contributed by atoms with E-state index in [1.807, 2.05) is 54.1 Å². The quantitative estimate of drug-likeness (QED) is 0.275. The zero-order valence-electron chi connectivity index (χ0n) is 21.3. The molecule has 0 saturated carbocycles. The number of aromatic amines is 1. The van der Waals surface area contributed by atoms with Gasteiger partial charge in [-0.3, -0.25) is 9.69 Å². The lowest BCUT2D eigenvalue weighted by molar-refractivity contribution is 0.166. The number of nitrogens with zero attached hydrogens (tertiary/aromatic N) is 5. The van der Waals surface area contributed by atoms with Crippen molar-refractivity contribution in [1.29, 1.82) is 0 Å². The van der Waals surface area contributed by atoms with E-state index in [1.54, 1.807) is 6.26 Å². The number of hydrogen-bond donors (Lipinski definition) is 1. The van der Waals surface area contributed by atoms with Crippen LogP contribution in [0.15, 0.2) is 82.2 Å². The topological polar surface area (TPSA) is 92.8 Å². The van der Waals surface area contributed by atoms with Crippen LogP contribution in [0, 0.1) is 6.92 Å². The third kappa shape index (κ3) is 5.70. The number of para-hydroxylation sites is 1. The molecule has 0 fully saturated rings. The molecule has 5 aromatic rings. The molecule has 8 nitrogen and oxygen atoms in total. The normalized spacial score (nSPS) is 12.4. The summed E-state index contributed by atoms with van der Waals surface area (Å²) in [7, 11) is 0. The van der Waals surface area contributed by atoms with Crippen molar-refractivity contribution in [2.75, 3.05) is 6.54 Å². The van der Waals surface area contributed by atoms with Gasteiger partial charge in [-0.25, -0.2) is 4.68 Å². The molecule has 0 spiro atoms. The van der Waals surface area contributed by atoms with Crippen LogP contribution >= 0.6 is 0 Å². The Kier molecular flexibility index (Phi) is 7.56. The number of aryl methyl sites for hydroxylation is 1. The number of rotatable bonds is 11. The summed E-state index contributed by atoms with van der Waals surface area (Å²) in [5.74, 6) is 1.57. The number of hydrogen-bond acceptors (Lipinski definition) is 6. The fourth-order valence-corrected chi connectivity index (χ4v) is 4.89. The van der Waals surface area contributed by atoms with E-state index < -0.39 is 0 Å². The minimum atomic E-state index is -0.0636. The third-order valence-corrected chi connectivity index (χ3v) is 6.82. The molecule has 190 valence electrons. The maximum atomic E-state index is 13.2. The highest BCUT2D eigenvalue weighted by molar-refractivity contribution is 5.81. The van der Waals surface area contributed by atoms with Gasteiger partial charge < -0.3 is 9.40 Å². The average Bonchev–Trinajstić information content (AvgIpc) is 3.59. The largest absolute Gasteiger partial charge is 0.467 e. The van der Waals surface area contributed by atoms with E-state index in [4.69, 9.17) is 4.42 Å². The highest BCUT2D eigenvalue weighted by atomic mass is 16.3. The summed E-state index contributed by atoms with van der Waals surface area (Å²) in [6, 6.07) is 22.2. The zero-order valence-corrected chi connectivity index (χ0v) is 21.3. The first-order valence-corrected chi connectivity index (χ1v) is 12.8. The first-order valence-electron chi connectivity index (χ1n) is 12.8. The predicted molar refractivity (Wildman–Crippen MR) is 143 cm³/mol. The van der Waals surface area contributed by atoms with Crippen molar-refractivity contribution < 1.29 is 4.42 Å². The number of nitrogens with one attached hydrogen (secondary N) is 1. The first kappa shape index (κ1) is 24.6.